The number of fused-ring (bicyclic) bond motifs is 1. The van der Waals surface area contributed by atoms with Crippen LogP contribution < -0.4 is 5.32 Å². The summed E-state index contributed by atoms with van der Waals surface area (Å²) in [6.45, 7) is 0.863. The lowest BCUT2D eigenvalue weighted by molar-refractivity contribution is -0.138. The smallest absolute Gasteiger partial charge is 0.305 e. The molecule has 1 aliphatic heterocycles. The highest BCUT2D eigenvalue weighted by Crippen LogP contribution is 2.37. The van der Waals surface area contributed by atoms with Crippen molar-refractivity contribution in [2.24, 2.45) is 5.92 Å². The number of aliphatic carboxylic acids is 1. The van der Waals surface area contributed by atoms with E-state index in [1.54, 1.807) is 23.1 Å². The van der Waals surface area contributed by atoms with E-state index in [-0.39, 0.29) is 24.2 Å². The van der Waals surface area contributed by atoms with E-state index in [0.717, 1.165) is 20.1 Å². The Labute approximate surface area is 231 Å². The minimum Gasteiger partial charge on any atom is -0.481 e. The highest BCUT2D eigenvalue weighted by molar-refractivity contribution is 9.10. The fraction of sp³-hybridized carbons (Fsp3) is 0.269. The number of rotatable bonds is 7. The number of nitrogens with one attached hydrogen (secondary N) is 1. The first-order valence-electron chi connectivity index (χ1n) is 11.3. The average molecular weight is 610 g/mol. The van der Waals surface area contributed by atoms with Crippen LogP contribution in [0.15, 0.2) is 52.3 Å². The van der Waals surface area contributed by atoms with Gasteiger partial charge in [0.25, 0.3) is 0 Å². The van der Waals surface area contributed by atoms with Crippen molar-refractivity contribution in [2.45, 2.75) is 25.3 Å². The van der Waals surface area contributed by atoms with Gasteiger partial charge in [0.05, 0.1) is 27.2 Å². The summed E-state index contributed by atoms with van der Waals surface area (Å²) in [5.74, 6) is -1.64. The van der Waals surface area contributed by atoms with Crippen molar-refractivity contribution in [1.82, 2.24) is 10.2 Å². The molecule has 2 amide bonds. The number of halogens is 3. The number of hydrogen-bond donors (Lipinski definition) is 2. The Kier molecular flexibility index (Phi) is 8.72. The van der Waals surface area contributed by atoms with Gasteiger partial charge in [0.2, 0.25) is 11.8 Å². The van der Waals surface area contributed by atoms with E-state index in [2.05, 4.69) is 21.2 Å². The third-order valence-corrected chi connectivity index (χ3v) is 8.67. The van der Waals surface area contributed by atoms with E-state index in [1.807, 2.05) is 29.6 Å². The molecule has 1 atom stereocenters. The maximum Gasteiger partial charge on any atom is 0.305 e. The molecule has 2 N–H and O–H groups in total. The molecule has 1 unspecified atom stereocenters. The molecule has 10 heteroatoms. The largest absolute Gasteiger partial charge is 0.481 e. The van der Waals surface area contributed by atoms with Crippen molar-refractivity contribution in [3.8, 4) is 0 Å². The fourth-order valence-electron chi connectivity index (χ4n) is 4.23. The molecule has 3 aromatic rings. The highest BCUT2D eigenvalue weighted by atomic mass is 79.9. The Morgan fingerprint density at radius 3 is 2.50 bits per heavy atom. The van der Waals surface area contributed by atoms with Gasteiger partial charge in [-0.1, -0.05) is 51.3 Å². The number of benzene rings is 2. The maximum atomic E-state index is 12.9. The Morgan fingerprint density at radius 2 is 1.83 bits per heavy atom. The van der Waals surface area contributed by atoms with Gasteiger partial charge >= 0.3 is 5.97 Å². The zero-order chi connectivity index (χ0) is 25.8. The molecule has 2 aromatic carbocycles. The predicted molar refractivity (Wildman–Crippen MR) is 147 cm³/mol. The van der Waals surface area contributed by atoms with Gasteiger partial charge in [-0.3, -0.25) is 14.4 Å². The molecule has 1 aromatic heterocycles. The van der Waals surface area contributed by atoms with Crippen molar-refractivity contribution >= 4 is 84.4 Å². The molecule has 188 valence electrons. The number of hydrogen-bond acceptors (Lipinski definition) is 4. The molecule has 1 fully saturated rings. The molecular formula is C26H23BrCl2N2O4S. The Morgan fingerprint density at radius 1 is 1.14 bits per heavy atom. The average Bonchev–Trinajstić information content (AvgIpc) is 3.34. The molecular weight excluding hydrogens is 587 g/mol. The Hall–Kier alpha value is -2.39. The van der Waals surface area contributed by atoms with Gasteiger partial charge in [-0.15, -0.1) is 11.3 Å². The summed E-state index contributed by atoms with van der Waals surface area (Å²) < 4.78 is 1.78. The van der Waals surface area contributed by atoms with E-state index in [0.29, 0.717) is 41.5 Å². The number of nitrogens with zero attached hydrogens (tertiary/aromatic N) is 1. The lowest BCUT2D eigenvalue weighted by Crippen LogP contribution is -2.43. The quantitative estimate of drug-likeness (QED) is 0.297. The summed E-state index contributed by atoms with van der Waals surface area (Å²) in [6, 6.07) is 10.4. The lowest BCUT2D eigenvalue weighted by Gasteiger charge is -2.31. The van der Waals surface area contributed by atoms with Crippen LogP contribution in [0, 0.1) is 5.92 Å². The van der Waals surface area contributed by atoms with E-state index >= 15 is 0 Å². The predicted octanol–water partition coefficient (Wildman–Crippen LogP) is 6.55. The first-order valence-corrected chi connectivity index (χ1v) is 13.8. The summed E-state index contributed by atoms with van der Waals surface area (Å²) in [5.41, 5.74) is 1.40. The molecule has 0 saturated carbocycles. The van der Waals surface area contributed by atoms with Crippen molar-refractivity contribution in [1.29, 1.82) is 0 Å². The first-order chi connectivity index (χ1) is 17.2. The van der Waals surface area contributed by atoms with Crippen LogP contribution in [-0.2, 0) is 14.4 Å². The van der Waals surface area contributed by atoms with Crippen molar-refractivity contribution < 1.29 is 19.5 Å². The van der Waals surface area contributed by atoms with Gasteiger partial charge in [-0.25, -0.2) is 0 Å². The summed E-state index contributed by atoms with van der Waals surface area (Å²) >= 11 is 17.6. The normalized spacial score (nSPS) is 15.4. The van der Waals surface area contributed by atoms with E-state index in [1.165, 1.54) is 17.4 Å². The maximum absolute atomic E-state index is 12.9. The van der Waals surface area contributed by atoms with Gasteiger partial charge in [-0.2, -0.15) is 0 Å². The number of thiophene rings is 1. The monoisotopic (exact) mass is 608 g/mol. The summed E-state index contributed by atoms with van der Waals surface area (Å²) in [4.78, 5) is 38.7. The second-order valence-corrected chi connectivity index (χ2v) is 11.2. The van der Waals surface area contributed by atoms with Gasteiger partial charge in [0, 0.05) is 29.6 Å². The topological polar surface area (TPSA) is 86.7 Å². The summed E-state index contributed by atoms with van der Waals surface area (Å²) in [7, 11) is 0. The van der Waals surface area contributed by atoms with Crippen LogP contribution >= 0.6 is 50.5 Å². The lowest BCUT2D eigenvalue weighted by atomic mass is 9.94. The van der Waals surface area contributed by atoms with Gasteiger partial charge in [0.15, 0.2) is 0 Å². The first kappa shape index (κ1) is 26.7. The number of carboxylic acids is 1. The van der Waals surface area contributed by atoms with Crippen LogP contribution in [0.3, 0.4) is 0 Å². The molecule has 0 bridgehead atoms. The van der Waals surface area contributed by atoms with Gasteiger partial charge in [0.1, 0.15) is 0 Å². The third-order valence-electron chi connectivity index (χ3n) is 6.20. The van der Waals surface area contributed by atoms with Crippen LogP contribution in [0.4, 0.5) is 0 Å². The zero-order valence-electron chi connectivity index (χ0n) is 19.0. The van der Waals surface area contributed by atoms with E-state index in [4.69, 9.17) is 23.2 Å². The molecule has 2 heterocycles. The molecule has 1 saturated heterocycles. The minimum absolute atomic E-state index is 0.162. The second kappa shape index (κ2) is 11.8. The number of carboxylic acid groups (broad SMARTS) is 1. The van der Waals surface area contributed by atoms with E-state index < -0.39 is 12.0 Å². The van der Waals surface area contributed by atoms with Gasteiger partial charge in [-0.05, 0) is 65.1 Å². The van der Waals surface area contributed by atoms with Crippen molar-refractivity contribution in [2.75, 3.05) is 13.1 Å². The minimum atomic E-state index is -0.991. The number of likely N-dealkylation sites (tertiary alicyclic amines) is 1. The number of piperidine rings is 1. The molecule has 0 aliphatic carbocycles. The Balaban J connectivity index is 1.35. The Bertz CT molecular complexity index is 1320. The molecule has 6 nitrogen and oxygen atoms in total. The van der Waals surface area contributed by atoms with Crippen LogP contribution in [0.1, 0.15) is 36.4 Å². The van der Waals surface area contributed by atoms with Crippen LogP contribution in [0.5, 0.6) is 0 Å². The van der Waals surface area contributed by atoms with E-state index in [9.17, 15) is 19.5 Å². The summed E-state index contributed by atoms with van der Waals surface area (Å²) in [6.07, 6.45) is 3.94. The number of carbonyl (C=O) groups excluding carboxylic acids is 2. The SMILES string of the molecule is O=C(O)CC(NC(=O)C1CCN(C(=O)C=Cc2cc3ccsc3c(Cl)c2Cl)CC1)c1ccc(Br)cc1. The molecule has 36 heavy (non-hydrogen) atoms. The summed E-state index contributed by atoms with van der Waals surface area (Å²) in [5, 5.41) is 16.0. The standard InChI is InChI=1S/C26H23BrCl2N2O4S/c27-19-4-1-15(2-5-19)20(14-22(33)34)30-26(35)16-7-10-31(11-8-16)21(32)6-3-17-13-18-9-12-36-25(18)24(29)23(17)28/h1-6,9,12-13,16,20H,7-8,10-11,14H2,(H,30,35)(H,33,34). The van der Waals surface area contributed by atoms with Crippen molar-refractivity contribution in [3.63, 3.8) is 0 Å². The van der Waals surface area contributed by atoms with Crippen LogP contribution in [-0.4, -0.2) is 40.9 Å². The molecule has 0 radical (unpaired) electrons. The van der Waals surface area contributed by atoms with Gasteiger partial charge < -0.3 is 15.3 Å². The van der Waals surface area contributed by atoms with Crippen molar-refractivity contribution in [3.05, 3.63) is 73.5 Å². The number of carbonyl (C=O) groups is 3. The third kappa shape index (κ3) is 6.29. The number of amides is 2. The van der Waals surface area contributed by atoms with Crippen LogP contribution in [0.2, 0.25) is 10.0 Å². The highest BCUT2D eigenvalue weighted by Gasteiger charge is 2.29. The second-order valence-electron chi connectivity index (χ2n) is 8.58. The zero-order valence-corrected chi connectivity index (χ0v) is 23.0. The molecule has 4 rings (SSSR count). The molecule has 1 aliphatic rings. The fourth-order valence-corrected chi connectivity index (χ4v) is 5.93. The molecule has 0 spiro atoms. The van der Waals surface area contributed by atoms with Crippen LogP contribution in [0.25, 0.3) is 16.2 Å².